The van der Waals surface area contributed by atoms with Gasteiger partial charge in [-0.3, -0.25) is 0 Å². The molecule has 0 saturated heterocycles. The maximum atomic E-state index is 4.39. The predicted octanol–water partition coefficient (Wildman–Crippen LogP) is 3.39. The molecule has 0 aliphatic rings. The Labute approximate surface area is 101 Å². The molecule has 1 aromatic heterocycles. The number of nitrogens with zero attached hydrogens (tertiary/aromatic N) is 2. The summed E-state index contributed by atoms with van der Waals surface area (Å²) in [6.45, 7) is 3.20. The van der Waals surface area contributed by atoms with Crippen LogP contribution in [-0.2, 0) is 0 Å². The van der Waals surface area contributed by atoms with Crippen molar-refractivity contribution in [1.29, 1.82) is 0 Å². The molecule has 0 saturated carbocycles. The Morgan fingerprint density at radius 3 is 2.80 bits per heavy atom. The lowest BCUT2D eigenvalue weighted by Gasteiger charge is -2.19. The summed E-state index contributed by atoms with van der Waals surface area (Å²) < 4.78 is 0. The number of rotatable bonds is 6. The van der Waals surface area contributed by atoms with Crippen LogP contribution in [0.3, 0.4) is 0 Å². The lowest BCUT2D eigenvalue weighted by molar-refractivity contribution is 0.706. The maximum Gasteiger partial charge on any atom is 0.131 e. The van der Waals surface area contributed by atoms with Gasteiger partial charge in [0.15, 0.2) is 0 Å². The van der Waals surface area contributed by atoms with Crippen molar-refractivity contribution in [1.82, 2.24) is 4.98 Å². The zero-order valence-corrected chi connectivity index (χ0v) is 11.1. The number of alkyl halides is 1. The van der Waals surface area contributed by atoms with Crippen LogP contribution in [0, 0.1) is 6.92 Å². The fraction of sp³-hybridized carbons (Fsp3) is 0.583. The molecule has 0 N–H and O–H groups in total. The van der Waals surface area contributed by atoms with Gasteiger partial charge in [-0.05, 0) is 31.4 Å². The van der Waals surface area contributed by atoms with E-state index < -0.39 is 0 Å². The molecule has 1 aromatic rings. The van der Waals surface area contributed by atoms with Crippen molar-refractivity contribution < 1.29 is 0 Å². The van der Waals surface area contributed by atoms with Crippen molar-refractivity contribution in [2.75, 3.05) is 23.8 Å². The largest absolute Gasteiger partial charge is 0.359 e. The molecule has 1 rings (SSSR count). The summed E-state index contributed by atoms with van der Waals surface area (Å²) in [5, 5.41) is 1.11. The average molecular weight is 271 g/mol. The summed E-state index contributed by atoms with van der Waals surface area (Å²) in [6.07, 6.45) is 5.63. The Morgan fingerprint density at radius 1 is 1.33 bits per heavy atom. The zero-order chi connectivity index (χ0) is 11.1. The first-order chi connectivity index (χ1) is 7.25. The van der Waals surface area contributed by atoms with E-state index in [9.17, 15) is 0 Å². The fourth-order valence-electron chi connectivity index (χ4n) is 1.60. The second-order valence-corrected chi connectivity index (χ2v) is 4.61. The summed E-state index contributed by atoms with van der Waals surface area (Å²) in [4.78, 5) is 6.63. The molecule has 3 heteroatoms. The van der Waals surface area contributed by atoms with Gasteiger partial charge in [-0.1, -0.05) is 28.4 Å². The van der Waals surface area contributed by atoms with Gasteiger partial charge in [0, 0.05) is 25.1 Å². The van der Waals surface area contributed by atoms with Crippen molar-refractivity contribution >= 4 is 21.7 Å². The predicted molar refractivity (Wildman–Crippen MR) is 69.9 cm³/mol. The molecule has 0 amide bonds. The van der Waals surface area contributed by atoms with E-state index in [1.165, 1.54) is 24.8 Å². The quantitative estimate of drug-likeness (QED) is 0.582. The van der Waals surface area contributed by atoms with Crippen LogP contribution in [0.4, 0.5) is 5.82 Å². The van der Waals surface area contributed by atoms with Crippen LogP contribution in [0.25, 0.3) is 0 Å². The third-order valence-electron chi connectivity index (χ3n) is 2.47. The van der Waals surface area contributed by atoms with E-state index in [-0.39, 0.29) is 0 Å². The second kappa shape index (κ2) is 6.83. The molecule has 15 heavy (non-hydrogen) atoms. The molecule has 0 aromatic carbocycles. The molecular weight excluding hydrogens is 252 g/mol. The van der Waals surface area contributed by atoms with Gasteiger partial charge in [0.2, 0.25) is 0 Å². The van der Waals surface area contributed by atoms with Crippen LogP contribution in [0.15, 0.2) is 18.3 Å². The molecule has 2 nitrogen and oxygen atoms in total. The van der Waals surface area contributed by atoms with Gasteiger partial charge in [-0.25, -0.2) is 4.98 Å². The first-order valence-electron chi connectivity index (χ1n) is 5.44. The highest BCUT2D eigenvalue weighted by atomic mass is 79.9. The number of anilines is 1. The van der Waals surface area contributed by atoms with Crippen molar-refractivity contribution in [2.45, 2.75) is 26.2 Å². The third kappa shape index (κ3) is 4.20. The van der Waals surface area contributed by atoms with Gasteiger partial charge in [0.05, 0.1) is 0 Å². The van der Waals surface area contributed by atoms with Crippen LogP contribution in [0.5, 0.6) is 0 Å². The van der Waals surface area contributed by atoms with Crippen LogP contribution >= 0.6 is 15.9 Å². The summed E-state index contributed by atoms with van der Waals surface area (Å²) in [7, 11) is 2.11. The lowest BCUT2D eigenvalue weighted by Crippen LogP contribution is -2.20. The third-order valence-corrected chi connectivity index (χ3v) is 3.03. The molecule has 0 atom stereocenters. The topological polar surface area (TPSA) is 16.1 Å². The molecule has 84 valence electrons. The highest BCUT2D eigenvalue weighted by molar-refractivity contribution is 9.09. The van der Waals surface area contributed by atoms with Gasteiger partial charge in [-0.15, -0.1) is 0 Å². The minimum absolute atomic E-state index is 1.09. The summed E-state index contributed by atoms with van der Waals surface area (Å²) in [5.41, 5.74) is 1.25. The van der Waals surface area contributed by atoms with E-state index >= 15 is 0 Å². The van der Waals surface area contributed by atoms with Gasteiger partial charge < -0.3 is 4.90 Å². The number of unbranched alkanes of at least 4 members (excludes halogenated alkanes) is 2. The minimum atomic E-state index is 1.09. The number of aromatic nitrogens is 1. The van der Waals surface area contributed by atoms with Crippen molar-refractivity contribution in [3.8, 4) is 0 Å². The van der Waals surface area contributed by atoms with Gasteiger partial charge in [-0.2, -0.15) is 0 Å². The second-order valence-electron chi connectivity index (χ2n) is 3.82. The molecule has 0 radical (unpaired) electrons. The molecule has 0 fully saturated rings. The first-order valence-corrected chi connectivity index (χ1v) is 6.56. The molecular formula is C12H19BrN2. The number of halogens is 1. The van der Waals surface area contributed by atoms with E-state index in [4.69, 9.17) is 0 Å². The fourth-order valence-corrected chi connectivity index (χ4v) is 2.00. The number of pyridine rings is 1. The SMILES string of the molecule is Cc1cccnc1N(C)CCCCCBr. The van der Waals surface area contributed by atoms with E-state index in [1.807, 2.05) is 12.3 Å². The smallest absolute Gasteiger partial charge is 0.131 e. The normalized spacial score (nSPS) is 10.3. The van der Waals surface area contributed by atoms with Crippen molar-refractivity contribution in [3.63, 3.8) is 0 Å². The van der Waals surface area contributed by atoms with E-state index in [0.29, 0.717) is 0 Å². The average Bonchev–Trinajstić information content (AvgIpc) is 2.25. The van der Waals surface area contributed by atoms with Crippen molar-refractivity contribution in [2.24, 2.45) is 0 Å². The van der Waals surface area contributed by atoms with Crippen LogP contribution in [-0.4, -0.2) is 23.9 Å². The standard InChI is InChI=1S/C12H19BrN2/c1-11-7-6-9-14-12(11)15(2)10-5-3-4-8-13/h6-7,9H,3-5,8,10H2,1-2H3. The minimum Gasteiger partial charge on any atom is -0.359 e. The van der Waals surface area contributed by atoms with Gasteiger partial charge >= 0.3 is 0 Å². The Kier molecular flexibility index (Phi) is 5.69. The Bertz CT molecular complexity index is 289. The molecule has 0 unspecified atom stereocenters. The number of aryl methyl sites for hydroxylation is 1. The maximum absolute atomic E-state index is 4.39. The Hall–Kier alpha value is -0.570. The monoisotopic (exact) mass is 270 g/mol. The number of hydrogen-bond donors (Lipinski definition) is 0. The Morgan fingerprint density at radius 2 is 2.13 bits per heavy atom. The van der Waals surface area contributed by atoms with E-state index in [1.54, 1.807) is 0 Å². The van der Waals surface area contributed by atoms with Gasteiger partial charge in [0.1, 0.15) is 5.82 Å². The lowest BCUT2D eigenvalue weighted by atomic mass is 10.2. The van der Waals surface area contributed by atoms with Crippen LogP contribution < -0.4 is 4.90 Å². The van der Waals surface area contributed by atoms with E-state index in [2.05, 4.69) is 45.9 Å². The molecule has 1 heterocycles. The number of hydrogen-bond acceptors (Lipinski definition) is 2. The summed E-state index contributed by atoms with van der Waals surface area (Å²) in [5.74, 6) is 1.11. The molecule has 0 aliphatic heterocycles. The van der Waals surface area contributed by atoms with Crippen molar-refractivity contribution in [3.05, 3.63) is 23.9 Å². The molecule has 0 aliphatic carbocycles. The molecule has 0 spiro atoms. The summed E-state index contributed by atoms with van der Waals surface area (Å²) >= 11 is 3.45. The van der Waals surface area contributed by atoms with Crippen LogP contribution in [0.1, 0.15) is 24.8 Å². The van der Waals surface area contributed by atoms with E-state index in [0.717, 1.165) is 17.7 Å². The molecule has 0 bridgehead atoms. The Balaban J connectivity index is 2.40. The highest BCUT2D eigenvalue weighted by Gasteiger charge is 2.04. The highest BCUT2D eigenvalue weighted by Crippen LogP contribution is 2.14. The first kappa shape index (κ1) is 12.5. The summed E-state index contributed by atoms with van der Waals surface area (Å²) in [6, 6.07) is 4.09. The zero-order valence-electron chi connectivity index (χ0n) is 9.54. The van der Waals surface area contributed by atoms with Gasteiger partial charge in [0.25, 0.3) is 0 Å². The van der Waals surface area contributed by atoms with Crippen LogP contribution in [0.2, 0.25) is 0 Å².